The van der Waals surface area contributed by atoms with Crippen molar-refractivity contribution < 1.29 is 9.90 Å². The Kier molecular flexibility index (Phi) is 5.54. The maximum absolute atomic E-state index is 13.1. The van der Waals surface area contributed by atoms with Crippen LogP contribution < -0.4 is 0 Å². The topological polar surface area (TPSA) is 56.7 Å². The van der Waals surface area contributed by atoms with E-state index < -0.39 is 5.60 Å². The van der Waals surface area contributed by atoms with Gasteiger partial charge in [-0.2, -0.15) is 0 Å². The predicted molar refractivity (Wildman–Crippen MR) is 112 cm³/mol. The molecule has 1 saturated heterocycles. The van der Waals surface area contributed by atoms with Crippen LogP contribution in [0.4, 0.5) is 0 Å². The van der Waals surface area contributed by atoms with Gasteiger partial charge in [-0.15, -0.1) is 11.3 Å². The lowest BCUT2D eigenvalue weighted by Crippen LogP contribution is -2.48. The fraction of sp³-hybridized carbons (Fsp3) is 0.545. The zero-order chi connectivity index (χ0) is 19.7. The van der Waals surface area contributed by atoms with Crippen molar-refractivity contribution in [3.8, 4) is 0 Å². The molecule has 0 radical (unpaired) electrons. The monoisotopic (exact) mass is 399 g/mol. The molecule has 4 rings (SSSR count). The van der Waals surface area contributed by atoms with Gasteiger partial charge in [0.05, 0.1) is 16.9 Å². The molecule has 2 aromatic heterocycles. The highest BCUT2D eigenvalue weighted by Gasteiger charge is 2.33. The normalized spacial score (nSPS) is 22.9. The van der Waals surface area contributed by atoms with Crippen molar-refractivity contribution in [2.24, 2.45) is 0 Å². The van der Waals surface area contributed by atoms with Crippen LogP contribution in [0.15, 0.2) is 23.7 Å². The molecule has 0 bridgehead atoms. The molecule has 4 heterocycles. The van der Waals surface area contributed by atoms with Crippen LogP contribution in [0.2, 0.25) is 0 Å². The van der Waals surface area contributed by atoms with Crippen molar-refractivity contribution >= 4 is 17.2 Å². The van der Waals surface area contributed by atoms with Gasteiger partial charge in [0.2, 0.25) is 0 Å². The van der Waals surface area contributed by atoms with Gasteiger partial charge in [-0.25, -0.2) is 0 Å². The van der Waals surface area contributed by atoms with Gasteiger partial charge < -0.3 is 10.0 Å². The number of piperidine rings is 1. The zero-order valence-corrected chi connectivity index (χ0v) is 17.6. The number of β-amino-alcohol motifs (C(OH)–C–C–N with tert-alkyl or cyclic N) is 1. The van der Waals surface area contributed by atoms with E-state index in [2.05, 4.69) is 28.9 Å². The number of fused-ring (bicyclic) bond motifs is 1. The number of rotatable bonds is 4. The average molecular weight is 400 g/mol. The summed E-state index contributed by atoms with van der Waals surface area (Å²) in [6, 6.07) is 4.28. The summed E-state index contributed by atoms with van der Waals surface area (Å²) in [4.78, 5) is 23.2. The maximum atomic E-state index is 13.1. The van der Waals surface area contributed by atoms with Crippen LogP contribution in [0.5, 0.6) is 0 Å². The summed E-state index contributed by atoms with van der Waals surface area (Å²) in [6.45, 7) is 7.81. The molecule has 1 fully saturated rings. The van der Waals surface area contributed by atoms with Gasteiger partial charge in [0.15, 0.2) is 0 Å². The fourth-order valence-electron chi connectivity index (χ4n) is 4.25. The second-order valence-electron chi connectivity index (χ2n) is 8.35. The highest BCUT2D eigenvalue weighted by Crippen LogP contribution is 2.31. The molecule has 5 nitrogen and oxygen atoms in total. The van der Waals surface area contributed by atoms with Crippen LogP contribution in [0.1, 0.15) is 58.7 Å². The first kappa shape index (κ1) is 19.6. The van der Waals surface area contributed by atoms with E-state index in [0.29, 0.717) is 6.54 Å². The standard InChI is InChI=1S/C22H29N3O2S/c1-3-16-5-6-17(23-11-16)12-24-10-7-18-19(14-28-20(18)13-24)21(26)25-9-4-8-22(2,27)15-25/h5-6,11,14,27H,3-4,7-10,12-13,15H2,1-2H3/t22-/m1/s1. The van der Waals surface area contributed by atoms with Crippen molar-refractivity contribution in [1.82, 2.24) is 14.8 Å². The molecule has 0 spiro atoms. The summed E-state index contributed by atoms with van der Waals surface area (Å²) in [5.41, 5.74) is 3.67. The zero-order valence-electron chi connectivity index (χ0n) is 16.8. The first-order chi connectivity index (χ1) is 13.4. The van der Waals surface area contributed by atoms with Crippen molar-refractivity contribution in [2.45, 2.75) is 58.2 Å². The summed E-state index contributed by atoms with van der Waals surface area (Å²) in [5, 5.41) is 12.4. The van der Waals surface area contributed by atoms with Gasteiger partial charge in [-0.3, -0.25) is 14.7 Å². The summed E-state index contributed by atoms with van der Waals surface area (Å²) in [5.74, 6) is 0.0859. The number of aliphatic hydroxyl groups is 1. The minimum absolute atomic E-state index is 0.0859. The smallest absolute Gasteiger partial charge is 0.255 e. The number of aryl methyl sites for hydroxylation is 1. The first-order valence-corrected chi connectivity index (χ1v) is 11.1. The van der Waals surface area contributed by atoms with Crippen LogP contribution in [-0.4, -0.2) is 51.0 Å². The van der Waals surface area contributed by atoms with Gasteiger partial charge in [0.25, 0.3) is 5.91 Å². The van der Waals surface area contributed by atoms with E-state index in [0.717, 1.165) is 63.1 Å². The summed E-state index contributed by atoms with van der Waals surface area (Å²) < 4.78 is 0. The number of likely N-dealkylation sites (tertiary alicyclic amines) is 1. The Morgan fingerprint density at radius 1 is 1.36 bits per heavy atom. The second kappa shape index (κ2) is 7.93. The van der Waals surface area contributed by atoms with Crippen LogP contribution in [-0.2, 0) is 25.9 Å². The van der Waals surface area contributed by atoms with E-state index in [9.17, 15) is 9.90 Å². The third kappa shape index (κ3) is 4.14. The van der Waals surface area contributed by atoms with Crippen molar-refractivity contribution in [1.29, 1.82) is 0 Å². The predicted octanol–water partition coefficient (Wildman–Crippen LogP) is 3.25. The fourth-order valence-corrected chi connectivity index (χ4v) is 5.36. The number of carbonyl (C=O) groups excluding carboxylic acids is 1. The van der Waals surface area contributed by atoms with E-state index in [-0.39, 0.29) is 5.91 Å². The molecule has 28 heavy (non-hydrogen) atoms. The number of amides is 1. The molecule has 6 heteroatoms. The minimum atomic E-state index is -0.763. The molecule has 2 aromatic rings. The molecular formula is C22H29N3O2S. The number of aromatic nitrogens is 1. The molecule has 0 unspecified atom stereocenters. The lowest BCUT2D eigenvalue weighted by molar-refractivity contribution is -0.0107. The minimum Gasteiger partial charge on any atom is -0.388 e. The van der Waals surface area contributed by atoms with Gasteiger partial charge in [0, 0.05) is 49.2 Å². The van der Waals surface area contributed by atoms with Crippen LogP contribution in [0, 0.1) is 0 Å². The SMILES string of the molecule is CCc1ccc(CN2CCc3c(C(=O)N4CCC[C@@](C)(O)C4)csc3C2)nc1. The number of hydrogen-bond acceptors (Lipinski definition) is 5. The lowest BCUT2D eigenvalue weighted by Gasteiger charge is -2.37. The van der Waals surface area contributed by atoms with Gasteiger partial charge in [-0.05, 0) is 49.8 Å². The van der Waals surface area contributed by atoms with Gasteiger partial charge in [0.1, 0.15) is 0 Å². The quantitative estimate of drug-likeness (QED) is 0.857. The van der Waals surface area contributed by atoms with E-state index >= 15 is 0 Å². The van der Waals surface area contributed by atoms with Crippen LogP contribution >= 0.6 is 11.3 Å². The average Bonchev–Trinajstić information content (AvgIpc) is 3.10. The van der Waals surface area contributed by atoms with E-state index in [1.165, 1.54) is 16.0 Å². The highest BCUT2D eigenvalue weighted by molar-refractivity contribution is 7.10. The molecular weight excluding hydrogens is 370 g/mol. The lowest BCUT2D eigenvalue weighted by atomic mass is 9.94. The van der Waals surface area contributed by atoms with Crippen LogP contribution in [0.25, 0.3) is 0 Å². The molecule has 2 aliphatic rings. The molecule has 2 aliphatic heterocycles. The maximum Gasteiger partial charge on any atom is 0.255 e. The number of pyridine rings is 1. The molecule has 1 atom stereocenters. The van der Waals surface area contributed by atoms with Crippen molar-refractivity contribution in [3.05, 3.63) is 51.0 Å². The summed E-state index contributed by atoms with van der Waals surface area (Å²) in [7, 11) is 0. The van der Waals surface area contributed by atoms with E-state index in [1.54, 1.807) is 11.3 Å². The Hall–Kier alpha value is -1.76. The van der Waals surface area contributed by atoms with Crippen molar-refractivity contribution in [2.75, 3.05) is 19.6 Å². The molecule has 150 valence electrons. The Morgan fingerprint density at radius 3 is 2.93 bits per heavy atom. The largest absolute Gasteiger partial charge is 0.388 e. The third-order valence-electron chi connectivity index (χ3n) is 5.90. The van der Waals surface area contributed by atoms with E-state index in [1.807, 2.05) is 23.4 Å². The Balaban J connectivity index is 1.43. The highest BCUT2D eigenvalue weighted by atomic mass is 32.1. The summed E-state index contributed by atoms with van der Waals surface area (Å²) in [6.07, 6.45) is 5.51. The van der Waals surface area contributed by atoms with Gasteiger partial charge in [-0.1, -0.05) is 13.0 Å². The van der Waals surface area contributed by atoms with Crippen LogP contribution in [0.3, 0.4) is 0 Å². The molecule has 0 saturated carbocycles. The summed E-state index contributed by atoms with van der Waals surface area (Å²) >= 11 is 1.69. The van der Waals surface area contributed by atoms with Gasteiger partial charge >= 0.3 is 0 Å². The molecule has 0 aliphatic carbocycles. The molecule has 1 amide bonds. The first-order valence-electron chi connectivity index (χ1n) is 10.2. The number of nitrogens with zero attached hydrogens (tertiary/aromatic N) is 3. The molecule has 0 aromatic carbocycles. The van der Waals surface area contributed by atoms with Crippen molar-refractivity contribution in [3.63, 3.8) is 0 Å². The number of carbonyl (C=O) groups is 1. The number of thiophene rings is 1. The Labute approximate surface area is 171 Å². The van der Waals surface area contributed by atoms with E-state index in [4.69, 9.17) is 0 Å². The number of hydrogen-bond donors (Lipinski definition) is 1. The molecule has 1 N–H and O–H groups in total. The Bertz CT molecular complexity index is 844. The Morgan fingerprint density at radius 2 is 2.21 bits per heavy atom. The second-order valence-corrected chi connectivity index (χ2v) is 9.31. The third-order valence-corrected chi connectivity index (χ3v) is 6.91.